The van der Waals surface area contributed by atoms with Crippen LogP contribution in [0.4, 0.5) is 0 Å². The van der Waals surface area contributed by atoms with Gasteiger partial charge in [0.05, 0.1) is 26.3 Å². The summed E-state index contributed by atoms with van der Waals surface area (Å²) in [4.78, 5) is 24.2. The van der Waals surface area contributed by atoms with Crippen molar-refractivity contribution in [3.05, 3.63) is 35.4 Å². The zero-order valence-electron chi connectivity index (χ0n) is 14.0. The van der Waals surface area contributed by atoms with Gasteiger partial charge in [0.25, 0.3) is 11.8 Å². The van der Waals surface area contributed by atoms with Gasteiger partial charge in [-0.05, 0) is 23.1 Å². The maximum atomic E-state index is 12.1. The number of nitrogens with one attached hydrogen (secondary N) is 2. The fourth-order valence-electron chi connectivity index (χ4n) is 2.28. The molecule has 0 bridgehead atoms. The highest BCUT2D eigenvalue weighted by atomic mass is 16.5. The third-order valence-electron chi connectivity index (χ3n) is 3.72. The summed E-state index contributed by atoms with van der Waals surface area (Å²) in [6.07, 6.45) is 0. The lowest BCUT2D eigenvalue weighted by Crippen LogP contribution is -2.48. The second-order valence-electron chi connectivity index (χ2n) is 6.58. The second-order valence-corrected chi connectivity index (χ2v) is 6.58. The molecule has 2 N–H and O–H groups in total. The number of hydrogen-bond donors (Lipinski definition) is 2. The molecule has 1 aliphatic heterocycles. The van der Waals surface area contributed by atoms with E-state index in [9.17, 15) is 9.59 Å². The number of nitrogens with zero attached hydrogens (tertiary/aromatic N) is 1. The molecule has 0 saturated carbocycles. The largest absolute Gasteiger partial charge is 0.378 e. The molecule has 0 unspecified atom stereocenters. The highest BCUT2D eigenvalue weighted by Crippen LogP contribution is 2.22. The normalized spacial score (nSPS) is 15.9. The molecule has 2 amide bonds. The van der Waals surface area contributed by atoms with E-state index in [1.165, 1.54) is 10.6 Å². The molecule has 23 heavy (non-hydrogen) atoms. The molecular formula is C17H25N3O3. The fourth-order valence-corrected chi connectivity index (χ4v) is 2.28. The molecule has 0 aliphatic carbocycles. The van der Waals surface area contributed by atoms with Crippen LogP contribution in [0, 0.1) is 0 Å². The van der Waals surface area contributed by atoms with E-state index in [4.69, 9.17) is 4.74 Å². The van der Waals surface area contributed by atoms with Crippen LogP contribution < -0.4 is 10.7 Å². The third-order valence-corrected chi connectivity index (χ3v) is 3.72. The number of carbonyl (C=O) groups excluding carboxylic acids is 2. The average Bonchev–Trinajstić information content (AvgIpc) is 2.81. The first-order valence-corrected chi connectivity index (χ1v) is 7.88. The number of rotatable bonds is 3. The number of hydrogen-bond acceptors (Lipinski definition) is 4. The summed E-state index contributed by atoms with van der Waals surface area (Å²) in [5.41, 5.74) is 4.74. The van der Waals surface area contributed by atoms with Crippen molar-refractivity contribution in [2.24, 2.45) is 0 Å². The predicted molar refractivity (Wildman–Crippen MR) is 88.0 cm³/mol. The van der Waals surface area contributed by atoms with E-state index in [1.807, 2.05) is 12.1 Å². The highest BCUT2D eigenvalue weighted by molar-refractivity contribution is 5.96. The lowest BCUT2D eigenvalue weighted by molar-refractivity contribution is -0.133. The third kappa shape index (κ3) is 5.04. The lowest BCUT2D eigenvalue weighted by Gasteiger charge is -2.20. The Kier molecular flexibility index (Phi) is 5.74. The standard InChI is InChI=1S/C17H25N3O3/c1-17(2,3)14-6-4-13(5-7-14)16(22)18-12-15(21)20-9-11-23-10-8-19-20/h4-7,19H,8-12H2,1-3H3,(H,18,22). The van der Waals surface area contributed by atoms with Crippen molar-refractivity contribution in [3.8, 4) is 0 Å². The summed E-state index contributed by atoms with van der Waals surface area (Å²) < 4.78 is 5.26. The molecule has 6 heteroatoms. The Morgan fingerprint density at radius 1 is 1.22 bits per heavy atom. The van der Waals surface area contributed by atoms with Crippen molar-refractivity contribution < 1.29 is 14.3 Å². The maximum Gasteiger partial charge on any atom is 0.256 e. The monoisotopic (exact) mass is 319 g/mol. The van der Waals surface area contributed by atoms with Crippen LogP contribution >= 0.6 is 0 Å². The number of carbonyl (C=O) groups is 2. The molecule has 1 aliphatic rings. The van der Waals surface area contributed by atoms with Gasteiger partial charge >= 0.3 is 0 Å². The second kappa shape index (κ2) is 7.57. The molecule has 6 nitrogen and oxygen atoms in total. The Morgan fingerprint density at radius 2 is 1.91 bits per heavy atom. The summed E-state index contributed by atoms with van der Waals surface area (Å²) in [7, 11) is 0. The minimum Gasteiger partial charge on any atom is -0.378 e. The van der Waals surface area contributed by atoms with E-state index in [2.05, 4.69) is 31.5 Å². The molecule has 0 aromatic heterocycles. The van der Waals surface area contributed by atoms with Crippen molar-refractivity contribution in [2.45, 2.75) is 26.2 Å². The van der Waals surface area contributed by atoms with Crippen LogP contribution in [0.2, 0.25) is 0 Å². The van der Waals surface area contributed by atoms with Crippen molar-refractivity contribution >= 4 is 11.8 Å². The molecule has 1 heterocycles. The Labute approximate surface area is 137 Å². The van der Waals surface area contributed by atoms with E-state index in [1.54, 1.807) is 12.1 Å². The van der Waals surface area contributed by atoms with Crippen molar-refractivity contribution in [2.75, 3.05) is 32.8 Å². The van der Waals surface area contributed by atoms with Crippen LogP contribution in [0.1, 0.15) is 36.7 Å². The first kappa shape index (κ1) is 17.4. The molecule has 1 aromatic rings. The van der Waals surface area contributed by atoms with E-state index in [0.29, 0.717) is 31.9 Å². The quantitative estimate of drug-likeness (QED) is 0.874. The van der Waals surface area contributed by atoms with Gasteiger partial charge in [0, 0.05) is 12.1 Å². The van der Waals surface area contributed by atoms with E-state index < -0.39 is 0 Å². The molecule has 2 rings (SSSR count). The van der Waals surface area contributed by atoms with Crippen molar-refractivity contribution in [1.82, 2.24) is 15.8 Å². The predicted octanol–water partition coefficient (Wildman–Crippen LogP) is 1.08. The van der Waals surface area contributed by atoms with Gasteiger partial charge in [-0.1, -0.05) is 32.9 Å². The zero-order chi connectivity index (χ0) is 16.9. The summed E-state index contributed by atoms with van der Waals surface area (Å²) >= 11 is 0. The van der Waals surface area contributed by atoms with Crippen molar-refractivity contribution in [1.29, 1.82) is 0 Å². The van der Waals surface area contributed by atoms with Crippen LogP contribution in [0.25, 0.3) is 0 Å². The van der Waals surface area contributed by atoms with Crippen LogP contribution in [-0.2, 0) is 14.9 Å². The number of benzene rings is 1. The average molecular weight is 319 g/mol. The van der Waals surface area contributed by atoms with Gasteiger partial charge in [0.15, 0.2) is 0 Å². The van der Waals surface area contributed by atoms with E-state index >= 15 is 0 Å². The Hall–Kier alpha value is -1.92. The summed E-state index contributed by atoms with van der Waals surface area (Å²) in [5.74, 6) is -0.417. The molecule has 0 atom stereocenters. The van der Waals surface area contributed by atoms with Crippen LogP contribution in [0.5, 0.6) is 0 Å². The number of amides is 2. The van der Waals surface area contributed by atoms with Gasteiger partial charge in [-0.15, -0.1) is 0 Å². The van der Waals surface area contributed by atoms with E-state index in [-0.39, 0.29) is 23.8 Å². The summed E-state index contributed by atoms with van der Waals surface area (Å²) in [6.45, 7) is 8.49. The number of hydrazine groups is 1. The molecule has 0 radical (unpaired) electrons. The maximum absolute atomic E-state index is 12.1. The SMILES string of the molecule is CC(C)(C)c1ccc(C(=O)NCC(=O)N2CCOCCN2)cc1. The van der Waals surface area contributed by atoms with Gasteiger partial charge in [0.2, 0.25) is 0 Å². The zero-order valence-corrected chi connectivity index (χ0v) is 14.0. The van der Waals surface area contributed by atoms with Gasteiger partial charge < -0.3 is 10.1 Å². The molecule has 1 aromatic carbocycles. The topological polar surface area (TPSA) is 70.7 Å². The minimum absolute atomic E-state index is 0.0349. The smallest absolute Gasteiger partial charge is 0.256 e. The van der Waals surface area contributed by atoms with Gasteiger partial charge in [-0.25, -0.2) is 5.43 Å². The molecule has 1 saturated heterocycles. The van der Waals surface area contributed by atoms with Gasteiger partial charge in [-0.3, -0.25) is 14.6 Å². The Morgan fingerprint density at radius 3 is 2.57 bits per heavy atom. The van der Waals surface area contributed by atoms with Crippen LogP contribution in [0.15, 0.2) is 24.3 Å². The molecule has 0 spiro atoms. The summed E-state index contributed by atoms with van der Waals surface area (Å²) in [6, 6.07) is 7.48. The van der Waals surface area contributed by atoms with Crippen molar-refractivity contribution in [3.63, 3.8) is 0 Å². The Balaban J connectivity index is 1.87. The fraction of sp³-hybridized carbons (Fsp3) is 0.529. The lowest BCUT2D eigenvalue weighted by atomic mass is 9.87. The molecule has 1 fully saturated rings. The van der Waals surface area contributed by atoms with Crippen LogP contribution in [0.3, 0.4) is 0 Å². The van der Waals surface area contributed by atoms with Gasteiger partial charge in [-0.2, -0.15) is 0 Å². The minimum atomic E-state index is -0.245. The van der Waals surface area contributed by atoms with Crippen LogP contribution in [-0.4, -0.2) is 49.7 Å². The highest BCUT2D eigenvalue weighted by Gasteiger charge is 2.17. The Bertz CT molecular complexity index is 541. The van der Waals surface area contributed by atoms with E-state index in [0.717, 1.165) is 0 Å². The molecule has 126 valence electrons. The molecular weight excluding hydrogens is 294 g/mol. The summed E-state index contributed by atoms with van der Waals surface area (Å²) in [5, 5.41) is 4.16. The first-order valence-electron chi connectivity index (χ1n) is 7.88. The number of ether oxygens (including phenoxy) is 1. The van der Waals surface area contributed by atoms with Gasteiger partial charge in [0.1, 0.15) is 0 Å². The first-order chi connectivity index (χ1) is 10.9.